The minimum Gasteiger partial charge on any atom is -0.360 e. The van der Waals surface area contributed by atoms with E-state index in [0.29, 0.717) is 19.1 Å². The molecule has 1 saturated heterocycles. The quantitative estimate of drug-likeness (QED) is 0.667. The number of carbonyl (C=O) groups is 1. The molecule has 3 atom stereocenters. The average molecular weight is 253 g/mol. The van der Waals surface area contributed by atoms with E-state index in [2.05, 4.69) is 10.6 Å². The van der Waals surface area contributed by atoms with Crippen LogP contribution in [-0.4, -0.2) is 41.6 Å². The van der Waals surface area contributed by atoms with Gasteiger partial charge >= 0.3 is 0 Å². The molecule has 4 nitrogen and oxygen atoms in total. The molecule has 0 aromatic rings. The van der Waals surface area contributed by atoms with Crippen LogP contribution in [0.15, 0.2) is 0 Å². The van der Waals surface area contributed by atoms with Crippen molar-refractivity contribution in [3.63, 3.8) is 0 Å². The Morgan fingerprint density at radius 3 is 2.94 bits per heavy atom. The Morgan fingerprint density at radius 2 is 2.29 bits per heavy atom. The summed E-state index contributed by atoms with van der Waals surface area (Å²) in [6.45, 7) is 1.95. The molecule has 1 heterocycles. The number of amides is 1. The van der Waals surface area contributed by atoms with Gasteiger partial charge in [-0.3, -0.25) is 4.79 Å². The van der Waals surface area contributed by atoms with E-state index >= 15 is 0 Å². The van der Waals surface area contributed by atoms with Crippen molar-refractivity contribution in [3.05, 3.63) is 0 Å². The number of thiocarbonyl (C=S) groups is 1. The Kier molecular flexibility index (Phi) is 2.94. The Balaban J connectivity index is 1.54. The Bertz CT molecular complexity index is 347. The summed E-state index contributed by atoms with van der Waals surface area (Å²) in [5, 5.41) is 7.07. The highest BCUT2D eigenvalue weighted by molar-refractivity contribution is 7.80. The Labute approximate surface area is 107 Å². The highest BCUT2D eigenvalue weighted by Gasteiger charge is 2.40. The van der Waals surface area contributed by atoms with E-state index in [1.165, 1.54) is 25.7 Å². The number of hydrogen-bond acceptors (Lipinski definition) is 2. The molecule has 3 aliphatic rings. The minimum atomic E-state index is 0.0772. The van der Waals surface area contributed by atoms with Gasteiger partial charge in [0.1, 0.15) is 0 Å². The van der Waals surface area contributed by atoms with Crippen molar-refractivity contribution in [2.75, 3.05) is 19.6 Å². The SMILES string of the molecule is O=C1CN(C(=S)N[C@H]2C[C@H]3CC[C@@H]2C3)CCN1. The first-order chi connectivity index (χ1) is 8.22. The smallest absolute Gasteiger partial charge is 0.239 e. The van der Waals surface area contributed by atoms with Crippen molar-refractivity contribution in [1.82, 2.24) is 15.5 Å². The fraction of sp³-hybridized carbons (Fsp3) is 0.833. The molecule has 2 saturated carbocycles. The Morgan fingerprint density at radius 1 is 1.41 bits per heavy atom. The molecule has 17 heavy (non-hydrogen) atoms. The first kappa shape index (κ1) is 11.3. The van der Waals surface area contributed by atoms with Crippen LogP contribution in [0.5, 0.6) is 0 Å². The zero-order chi connectivity index (χ0) is 11.8. The van der Waals surface area contributed by atoms with Gasteiger partial charge in [0.2, 0.25) is 5.91 Å². The second-order valence-corrected chi connectivity index (χ2v) is 5.89. The van der Waals surface area contributed by atoms with Crippen LogP contribution in [-0.2, 0) is 4.79 Å². The van der Waals surface area contributed by atoms with E-state index in [4.69, 9.17) is 12.2 Å². The van der Waals surface area contributed by atoms with Crippen LogP contribution in [0.3, 0.4) is 0 Å². The van der Waals surface area contributed by atoms with E-state index in [-0.39, 0.29) is 5.91 Å². The van der Waals surface area contributed by atoms with Gasteiger partial charge in [0.25, 0.3) is 0 Å². The molecule has 0 aromatic carbocycles. The van der Waals surface area contributed by atoms with E-state index in [9.17, 15) is 4.79 Å². The summed E-state index contributed by atoms with van der Waals surface area (Å²) >= 11 is 5.41. The van der Waals surface area contributed by atoms with Crippen molar-refractivity contribution >= 4 is 23.2 Å². The van der Waals surface area contributed by atoms with Gasteiger partial charge in [-0.1, -0.05) is 6.42 Å². The second-order valence-electron chi connectivity index (χ2n) is 5.50. The first-order valence-electron chi connectivity index (χ1n) is 6.54. The largest absolute Gasteiger partial charge is 0.360 e. The Hall–Kier alpha value is -0.840. The van der Waals surface area contributed by atoms with Crippen molar-refractivity contribution in [2.24, 2.45) is 11.8 Å². The van der Waals surface area contributed by atoms with Gasteiger partial charge in [0, 0.05) is 19.1 Å². The van der Waals surface area contributed by atoms with Gasteiger partial charge < -0.3 is 15.5 Å². The number of carbonyl (C=O) groups excluding carboxylic acids is 1. The predicted molar refractivity (Wildman–Crippen MR) is 69.6 cm³/mol. The second kappa shape index (κ2) is 4.44. The van der Waals surface area contributed by atoms with E-state index in [1.807, 2.05) is 4.90 Å². The highest BCUT2D eigenvalue weighted by Crippen LogP contribution is 2.44. The lowest BCUT2D eigenvalue weighted by Crippen LogP contribution is -2.55. The molecular weight excluding hydrogens is 234 g/mol. The molecule has 5 heteroatoms. The molecule has 2 bridgehead atoms. The van der Waals surface area contributed by atoms with Crippen LogP contribution in [0, 0.1) is 11.8 Å². The first-order valence-corrected chi connectivity index (χ1v) is 6.95. The van der Waals surface area contributed by atoms with Gasteiger partial charge in [-0.25, -0.2) is 0 Å². The van der Waals surface area contributed by atoms with E-state index in [0.717, 1.165) is 23.5 Å². The third-order valence-corrected chi connectivity index (χ3v) is 4.75. The number of nitrogens with zero attached hydrogens (tertiary/aromatic N) is 1. The summed E-state index contributed by atoms with van der Waals surface area (Å²) < 4.78 is 0. The van der Waals surface area contributed by atoms with Crippen LogP contribution in [0.25, 0.3) is 0 Å². The molecule has 0 radical (unpaired) electrons. The molecule has 1 amide bonds. The van der Waals surface area contributed by atoms with Crippen molar-refractivity contribution in [2.45, 2.75) is 31.7 Å². The van der Waals surface area contributed by atoms with Crippen LogP contribution in [0.2, 0.25) is 0 Å². The fourth-order valence-electron chi connectivity index (χ4n) is 3.48. The topological polar surface area (TPSA) is 44.4 Å². The fourth-order valence-corrected chi connectivity index (χ4v) is 3.79. The summed E-state index contributed by atoms with van der Waals surface area (Å²) in [7, 11) is 0. The molecule has 3 rings (SSSR count). The molecule has 0 spiro atoms. The monoisotopic (exact) mass is 253 g/mol. The normalized spacial score (nSPS) is 35.9. The summed E-state index contributed by atoms with van der Waals surface area (Å²) in [6, 6.07) is 0.561. The maximum Gasteiger partial charge on any atom is 0.239 e. The molecular formula is C12H19N3OS. The van der Waals surface area contributed by atoms with Gasteiger partial charge in [0.05, 0.1) is 6.54 Å². The molecule has 1 aliphatic heterocycles. The van der Waals surface area contributed by atoms with E-state index in [1.54, 1.807) is 0 Å². The standard InChI is InChI=1S/C12H19N3OS/c16-11-7-15(4-3-13-11)12(17)14-10-6-8-1-2-9(10)5-8/h8-10H,1-7H2,(H,13,16)(H,14,17)/t8-,9+,10-/m0/s1. The summed E-state index contributed by atoms with van der Waals surface area (Å²) in [4.78, 5) is 13.3. The molecule has 0 aromatic heterocycles. The van der Waals surface area contributed by atoms with Crippen LogP contribution >= 0.6 is 12.2 Å². The maximum absolute atomic E-state index is 11.3. The lowest BCUT2D eigenvalue weighted by molar-refractivity contribution is -0.122. The third kappa shape index (κ3) is 2.25. The molecule has 2 N–H and O–H groups in total. The van der Waals surface area contributed by atoms with E-state index < -0.39 is 0 Å². The van der Waals surface area contributed by atoms with Crippen LogP contribution in [0.1, 0.15) is 25.7 Å². The third-order valence-electron chi connectivity index (χ3n) is 4.37. The molecule has 3 fully saturated rings. The predicted octanol–water partition coefficient (Wildman–Crippen LogP) is 0.481. The lowest BCUT2D eigenvalue weighted by atomic mass is 9.95. The van der Waals surface area contributed by atoms with Crippen LogP contribution < -0.4 is 10.6 Å². The van der Waals surface area contributed by atoms with Gasteiger partial charge in [-0.05, 0) is 43.3 Å². The number of rotatable bonds is 1. The summed E-state index contributed by atoms with van der Waals surface area (Å²) in [5.41, 5.74) is 0. The molecule has 2 aliphatic carbocycles. The van der Waals surface area contributed by atoms with Crippen molar-refractivity contribution in [3.8, 4) is 0 Å². The summed E-state index contributed by atoms with van der Waals surface area (Å²) in [5.74, 6) is 1.81. The van der Waals surface area contributed by atoms with Crippen molar-refractivity contribution in [1.29, 1.82) is 0 Å². The molecule has 0 unspecified atom stereocenters. The zero-order valence-corrected chi connectivity index (χ0v) is 10.8. The number of piperazine rings is 1. The van der Waals surface area contributed by atoms with Gasteiger partial charge in [0.15, 0.2) is 5.11 Å². The van der Waals surface area contributed by atoms with Gasteiger partial charge in [-0.2, -0.15) is 0 Å². The summed E-state index contributed by atoms with van der Waals surface area (Å²) in [6.07, 6.45) is 5.40. The van der Waals surface area contributed by atoms with Gasteiger partial charge in [-0.15, -0.1) is 0 Å². The van der Waals surface area contributed by atoms with Crippen molar-refractivity contribution < 1.29 is 4.79 Å². The van der Waals surface area contributed by atoms with Crippen LogP contribution in [0.4, 0.5) is 0 Å². The number of hydrogen-bond donors (Lipinski definition) is 2. The number of nitrogens with one attached hydrogen (secondary N) is 2. The number of fused-ring (bicyclic) bond motifs is 2. The maximum atomic E-state index is 11.3. The molecule has 94 valence electrons. The zero-order valence-electron chi connectivity index (χ0n) is 9.95. The lowest BCUT2D eigenvalue weighted by Gasteiger charge is -2.32. The minimum absolute atomic E-state index is 0.0772. The average Bonchev–Trinajstić information content (AvgIpc) is 2.91. The highest BCUT2D eigenvalue weighted by atomic mass is 32.1.